The fourth-order valence-electron chi connectivity index (χ4n) is 13.5. The minimum Gasteiger partial charge on any atom is -0.492 e. The summed E-state index contributed by atoms with van der Waals surface area (Å²) in [4.78, 5) is 120. The Hall–Kier alpha value is -10.8. The van der Waals surface area contributed by atoms with Gasteiger partial charge in [0.15, 0.2) is 23.1 Å². The van der Waals surface area contributed by atoms with Crippen molar-refractivity contribution >= 4 is 109 Å². The van der Waals surface area contributed by atoms with Gasteiger partial charge in [-0.05, 0) is 214 Å². The lowest BCUT2D eigenvalue weighted by Gasteiger charge is -2.22. The van der Waals surface area contributed by atoms with Gasteiger partial charge in [-0.2, -0.15) is 0 Å². The van der Waals surface area contributed by atoms with Gasteiger partial charge >= 0.3 is 27.1 Å². The second kappa shape index (κ2) is 52.3. The summed E-state index contributed by atoms with van der Waals surface area (Å²) < 4.78 is 27.7. The monoisotopic (exact) mass is 1680 g/mol. The van der Waals surface area contributed by atoms with Crippen molar-refractivity contribution in [2.45, 2.75) is 158 Å². The van der Waals surface area contributed by atoms with Crippen LogP contribution in [0.25, 0.3) is 0 Å². The highest BCUT2D eigenvalue weighted by molar-refractivity contribution is 6.46. The number of rotatable bonds is 34. The largest absolute Gasteiger partial charge is 0.492 e. The van der Waals surface area contributed by atoms with Crippen molar-refractivity contribution in [3.8, 4) is 23.0 Å². The van der Waals surface area contributed by atoms with Crippen LogP contribution in [0, 0.1) is 0 Å². The zero-order valence-corrected chi connectivity index (χ0v) is 70.9. The number of Topliss-reactive ketones (excluding diaryl/α,β-unsaturated/α-hetero) is 4. The Balaban J connectivity index is 0.000000269. The first-order valence-corrected chi connectivity index (χ1v) is 40.6. The van der Waals surface area contributed by atoms with Gasteiger partial charge in [0.25, 0.3) is 23.7 Å². The van der Waals surface area contributed by atoms with E-state index in [1.165, 1.54) is 0 Å². The first kappa shape index (κ1) is 99.8. The minimum absolute atomic E-state index is 0. The summed E-state index contributed by atoms with van der Waals surface area (Å²) in [6.07, 6.45) is 18.3. The van der Waals surface area contributed by atoms with Crippen LogP contribution in [0.5, 0.6) is 23.0 Å². The van der Waals surface area contributed by atoms with E-state index in [1.54, 1.807) is 99.7 Å². The number of aromatic nitrogens is 3. The number of anilines is 4. The standard InChI is InChI=1S/2C21H28BN3O4.C20H25N3O3.C12H21BN2O2.C9H8O4.C2H4O2.ClH.H3N/c2*1-3-11-25(22(2)28)12-13-29-16-9-7-15(8-10-16)24-21(27)17-14-23-18-5-4-6-19(26)20(17)18;1-2-10-21-11-12-26-15-8-6-14(7-9-15)23-20(25)16-13-22-17-4-3-5-18(24)19(16)17;1-3-8-15(13(2)16)9-10-17-12-6-4-11(14)5-7-12;10-6-2-1-3-7-8(6)5(4-13-7)9(11)12;1-2(3)4;;/h2*7-10,14,23,28H,3-6,11-13H2,1-2H3,(H,24,27);6-9,13,21-22H,2-5,10-12H2,1H3,(H,23,25);4-7,16H,3,8-10,14H2,1-2H3;4H,1-3H2,(H,11,12);1H3,(H,3,4);1H;1H3. The third-order valence-corrected chi connectivity index (χ3v) is 19.4. The van der Waals surface area contributed by atoms with E-state index in [0.29, 0.717) is 139 Å². The fourth-order valence-corrected chi connectivity index (χ4v) is 13.5. The van der Waals surface area contributed by atoms with E-state index >= 15 is 0 Å². The number of carbonyl (C=O) groups excluding carboxylic acids is 7. The molecule has 4 aliphatic rings. The lowest BCUT2D eigenvalue weighted by Crippen LogP contribution is -2.40. The Bertz CT molecular complexity index is 4390. The maximum atomic E-state index is 12.6. The Labute approximate surface area is 708 Å². The number of aryl methyl sites for hydroxylation is 4. The van der Waals surface area contributed by atoms with Crippen LogP contribution >= 0.6 is 12.4 Å². The molecule has 4 aromatic heterocycles. The Kier molecular flexibility index (Phi) is 43.5. The summed E-state index contributed by atoms with van der Waals surface area (Å²) in [5, 5.41) is 57.0. The van der Waals surface area contributed by atoms with Gasteiger partial charge in [-0.1, -0.05) is 27.7 Å². The molecule has 31 nitrogen and oxygen atoms in total. The Morgan fingerprint density at radius 2 is 0.733 bits per heavy atom. The molecule has 0 aliphatic heterocycles. The maximum absolute atomic E-state index is 12.6. The van der Waals surface area contributed by atoms with E-state index in [9.17, 15) is 53.4 Å². The number of furan rings is 1. The molecule has 0 bridgehead atoms. The zero-order chi connectivity index (χ0) is 85.6. The molecule has 120 heavy (non-hydrogen) atoms. The van der Waals surface area contributed by atoms with Crippen LogP contribution in [0.4, 0.5) is 22.7 Å². The van der Waals surface area contributed by atoms with Gasteiger partial charge in [-0.15, -0.1) is 12.4 Å². The fraction of sp³-hybridized carbons (Fsp3) is 0.424. The van der Waals surface area contributed by atoms with Crippen molar-refractivity contribution in [1.29, 1.82) is 0 Å². The number of H-pyrrole nitrogens is 3. The third-order valence-electron chi connectivity index (χ3n) is 19.4. The van der Waals surface area contributed by atoms with Crippen molar-refractivity contribution in [1.82, 2.24) is 40.9 Å². The molecule has 0 saturated carbocycles. The van der Waals surface area contributed by atoms with Crippen LogP contribution in [0.15, 0.2) is 126 Å². The van der Waals surface area contributed by atoms with Crippen LogP contribution in [0.3, 0.4) is 0 Å². The highest BCUT2D eigenvalue weighted by atomic mass is 35.5. The quantitative estimate of drug-likeness (QED) is 0.0101. The topological polar surface area (TPSA) is 471 Å². The van der Waals surface area contributed by atoms with Gasteiger partial charge in [0.1, 0.15) is 47.2 Å². The van der Waals surface area contributed by atoms with Crippen molar-refractivity contribution in [3.05, 3.63) is 189 Å². The number of aromatic carboxylic acids is 1. The van der Waals surface area contributed by atoms with Gasteiger partial charge in [0.2, 0.25) is 0 Å². The van der Waals surface area contributed by atoms with Gasteiger partial charge in [0.05, 0.1) is 58.8 Å². The van der Waals surface area contributed by atoms with E-state index in [1.807, 2.05) is 50.8 Å². The molecule has 35 heteroatoms. The molecule has 3 amide bonds. The number of carboxylic acids is 2. The van der Waals surface area contributed by atoms with E-state index in [0.717, 1.165) is 157 Å². The lowest BCUT2D eigenvalue weighted by atomic mass is 9.85. The number of benzene rings is 4. The molecule has 0 atom stereocenters. The molecule has 17 N–H and O–H groups in total. The van der Waals surface area contributed by atoms with E-state index < -0.39 is 33.1 Å². The number of halogens is 1. The molecule has 12 rings (SSSR count). The molecule has 4 aliphatic carbocycles. The Morgan fingerprint density at radius 1 is 0.433 bits per heavy atom. The summed E-state index contributed by atoms with van der Waals surface area (Å²) >= 11 is 0. The van der Waals surface area contributed by atoms with Gasteiger partial charge < -0.3 is 111 Å². The molecular formula is C85H118B3ClN12O19. The number of amides is 3. The van der Waals surface area contributed by atoms with Crippen molar-refractivity contribution in [2.75, 3.05) is 100 Å². The molecule has 4 aromatic carbocycles. The molecule has 4 heterocycles. The highest BCUT2D eigenvalue weighted by Crippen LogP contribution is 2.31. The second-order valence-electron chi connectivity index (χ2n) is 28.7. The highest BCUT2D eigenvalue weighted by Gasteiger charge is 2.31. The summed E-state index contributed by atoms with van der Waals surface area (Å²) in [5.74, 6) is 0.660. The second-order valence-corrected chi connectivity index (χ2v) is 28.7. The number of aliphatic carboxylic acids is 1. The number of ether oxygens (including phenoxy) is 4. The number of carbonyl (C=O) groups is 9. The smallest absolute Gasteiger partial charge is 0.376 e. The number of nitrogens with two attached hydrogens (primary N) is 1. The van der Waals surface area contributed by atoms with Crippen LogP contribution < -0.4 is 52.1 Å². The number of ketones is 4. The summed E-state index contributed by atoms with van der Waals surface area (Å²) in [5.41, 5.74) is 13.9. The zero-order valence-electron chi connectivity index (χ0n) is 70.1. The molecule has 0 saturated heterocycles. The van der Waals surface area contributed by atoms with Crippen LogP contribution in [-0.4, -0.2) is 207 Å². The normalized spacial score (nSPS) is 12.7. The molecular weight excluding hydrogens is 1560 g/mol. The van der Waals surface area contributed by atoms with E-state index in [4.69, 9.17) is 44.1 Å². The Morgan fingerprint density at radius 3 is 1.03 bits per heavy atom. The van der Waals surface area contributed by atoms with E-state index in [2.05, 4.69) is 63.9 Å². The molecule has 648 valence electrons. The summed E-state index contributed by atoms with van der Waals surface area (Å²) in [6, 6.07) is 28.8. The first-order valence-electron chi connectivity index (χ1n) is 40.6. The number of hydrogen-bond acceptors (Lipinski definition) is 23. The van der Waals surface area contributed by atoms with Gasteiger partial charge in [-0.3, -0.25) is 38.4 Å². The predicted molar refractivity (Wildman–Crippen MR) is 469 cm³/mol. The predicted octanol–water partition coefficient (Wildman–Crippen LogP) is 12.8. The third kappa shape index (κ3) is 31.7. The average molecular weight is 1680 g/mol. The minimum atomic E-state index is -1.10. The van der Waals surface area contributed by atoms with E-state index in [-0.39, 0.29) is 70.5 Å². The number of hydrogen-bond donors (Lipinski definition) is 14. The van der Waals surface area contributed by atoms with Crippen LogP contribution in [-0.2, 0) is 30.5 Å². The molecule has 0 fully saturated rings. The van der Waals surface area contributed by atoms with Crippen molar-refractivity contribution in [3.63, 3.8) is 0 Å². The molecule has 0 spiro atoms. The van der Waals surface area contributed by atoms with Gasteiger partial charge in [-0.25, -0.2) is 4.79 Å². The SMILES string of the molecule is CC(=O)O.CCCN(CCOc1ccc(N)cc1)B(C)O.CCCN(CCOc1ccc(NC(=O)c2c[nH]c3c2C(=O)CCC3)cc1)B(C)O.CCCN(CCOc1ccc(NC(=O)c2c[nH]c3c2C(=O)CCC3)cc1)B(C)O.CCCNCCOc1ccc(NC(=O)c2c[nH]c3c2C(=O)CCC3)cc1.Cl.N.O=C(O)c1coc2c1C(=O)CCC2. The van der Waals surface area contributed by atoms with Crippen LogP contribution in [0.2, 0.25) is 20.5 Å². The number of carboxylic acid groups (broad SMARTS) is 2. The summed E-state index contributed by atoms with van der Waals surface area (Å²) in [6.45, 7) is 23.1. The number of nitrogen functional groups attached to an aromatic ring is 1. The molecule has 0 radical (unpaired) electrons. The number of nitrogens with zero attached hydrogens (tertiary/aromatic N) is 3. The van der Waals surface area contributed by atoms with Gasteiger partial charge in [0, 0.05) is 124 Å². The molecule has 0 unspecified atom stereocenters. The van der Waals surface area contributed by atoms with Crippen molar-refractivity contribution < 1.29 is 91.8 Å². The first-order chi connectivity index (χ1) is 56.7. The number of aromatic amines is 3. The number of fused-ring (bicyclic) bond motifs is 4. The lowest BCUT2D eigenvalue weighted by molar-refractivity contribution is -0.134. The number of nitrogens with one attached hydrogen (secondary N) is 7. The average Bonchev–Trinajstić information content (AvgIpc) is 1.67. The summed E-state index contributed by atoms with van der Waals surface area (Å²) in [7, 11) is -1.42. The van der Waals surface area contributed by atoms with Crippen molar-refractivity contribution in [2.24, 2.45) is 0 Å². The van der Waals surface area contributed by atoms with Crippen LogP contribution in [0.1, 0.15) is 217 Å². The molecule has 8 aromatic rings. The maximum Gasteiger partial charge on any atom is 0.376 e.